The van der Waals surface area contributed by atoms with Gasteiger partial charge in [0.15, 0.2) is 18.9 Å². The number of ether oxygens (including phenoxy) is 3. The molecule has 1 N–H and O–H groups in total. The molecule has 0 amide bonds. The zero-order valence-electron chi connectivity index (χ0n) is 19.5. The first kappa shape index (κ1) is 27.7. The standard InChI is InChI=1S/C23H29Br2O7P/c1-14(2)17-9-15(7-8-20(17)26)32-21-18(24)10-16(11-19(21)25)30-13-33(6,28)31-12-29-22(27)23(3,4)5/h7-11,14,26H,12-13H2,1-6H3. The van der Waals surface area contributed by atoms with Crippen LogP contribution in [0.25, 0.3) is 0 Å². The molecule has 2 rings (SSSR count). The van der Waals surface area contributed by atoms with E-state index in [0.29, 0.717) is 26.2 Å². The summed E-state index contributed by atoms with van der Waals surface area (Å²) in [5, 5.41) is 10.0. The van der Waals surface area contributed by atoms with Gasteiger partial charge < -0.3 is 19.3 Å². The van der Waals surface area contributed by atoms with Gasteiger partial charge in [-0.2, -0.15) is 0 Å². The summed E-state index contributed by atoms with van der Waals surface area (Å²) in [6.07, 6.45) is -0.200. The molecule has 0 aromatic heterocycles. The molecule has 1 atom stereocenters. The van der Waals surface area contributed by atoms with Crippen LogP contribution in [-0.4, -0.2) is 30.9 Å². The fourth-order valence-electron chi connectivity index (χ4n) is 2.53. The third kappa shape index (κ3) is 8.32. The minimum Gasteiger partial charge on any atom is -0.508 e. The van der Waals surface area contributed by atoms with E-state index in [1.165, 1.54) is 6.66 Å². The van der Waals surface area contributed by atoms with Crippen LogP contribution >= 0.6 is 39.2 Å². The van der Waals surface area contributed by atoms with Crippen molar-refractivity contribution in [3.05, 3.63) is 44.8 Å². The molecule has 2 aromatic carbocycles. The molecule has 2 aromatic rings. The van der Waals surface area contributed by atoms with E-state index >= 15 is 0 Å². The molecule has 1 unspecified atom stereocenters. The molecule has 0 aliphatic rings. The SMILES string of the molecule is CC(C)c1cc(Oc2c(Br)cc(OCP(C)(=O)OCOC(=O)C(C)(C)C)cc2Br)ccc1O. The summed E-state index contributed by atoms with van der Waals surface area (Å²) in [5.74, 6) is 1.45. The maximum Gasteiger partial charge on any atom is 0.313 e. The Morgan fingerprint density at radius 1 is 1.09 bits per heavy atom. The molecule has 0 saturated carbocycles. The van der Waals surface area contributed by atoms with E-state index < -0.39 is 25.5 Å². The number of esters is 1. The number of aromatic hydroxyl groups is 1. The highest BCUT2D eigenvalue weighted by Crippen LogP contribution is 2.45. The predicted molar refractivity (Wildman–Crippen MR) is 135 cm³/mol. The number of phenols is 1. The maximum atomic E-state index is 12.6. The van der Waals surface area contributed by atoms with Gasteiger partial charge in [-0.3, -0.25) is 13.9 Å². The summed E-state index contributed by atoms with van der Waals surface area (Å²) in [5.41, 5.74) is 0.114. The highest BCUT2D eigenvalue weighted by atomic mass is 79.9. The monoisotopic (exact) mass is 606 g/mol. The lowest BCUT2D eigenvalue weighted by Gasteiger charge is -2.19. The van der Waals surface area contributed by atoms with Crippen LogP contribution in [0.15, 0.2) is 39.3 Å². The molecule has 10 heteroatoms. The van der Waals surface area contributed by atoms with Crippen molar-refractivity contribution >= 4 is 45.2 Å². The smallest absolute Gasteiger partial charge is 0.313 e. The molecule has 0 bridgehead atoms. The zero-order chi connectivity index (χ0) is 25.0. The van der Waals surface area contributed by atoms with E-state index in [1.54, 1.807) is 51.1 Å². The van der Waals surface area contributed by atoms with E-state index in [4.69, 9.17) is 18.7 Å². The van der Waals surface area contributed by atoms with Crippen LogP contribution < -0.4 is 9.47 Å². The molecule has 0 aliphatic heterocycles. The molecule has 0 spiro atoms. The topological polar surface area (TPSA) is 91.3 Å². The Morgan fingerprint density at radius 2 is 1.70 bits per heavy atom. The van der Waals surface area contributed by atoms with Gasteiger partial charge in [0.25, 0.3) is 0 Å². The molecular formula is C23H29Br2O7P. The van der Waals surface area contributed by atoms with Gasteiger partial charge in [-0.1, -0.05) is 13.8 Å². The first-order valence-corrected chi connectivity index (χ1v) is 14.0. The lowest BCUT2D eigenvalue weighted by molar-refractivity contribution is -0.159. The van der Waals surface area contributed by atoms with Crippen LogP contribution in [0, 0.1) is 5.41 Å². The minimum atomic E-state index is -3.17. The predicted octanol–water partition coefficient (Wildman–Crippen LogP) is 7.64. The molecule has 0 aliphatic carbocycles. The number of carbonyl (C=O) groups is 1. The summed E-state index contributed by atoms with van der Waals surface area (Å²) in [6.45, 7) is 10.1. The number of rotatable bonds is 9. The highest BCUT2D eigenvalue weighted by Gasteiger charge is 2.25. The Morgan fingerprint density at radius 3 is 2.24 bits per heavy atom. The summed E-state index contributed by atoms with van der Waals surface area (Å²) >= 11 is 6.94. The third-order valence-electron chi connectivity index (χ3n) is 4.41. The number of phenolic OH excluding ortho intramolecular Hbond substituents is 1. The molecule has 0 fully saturated rings. The molecule has 0 heterocycles. The van der Waals surface area contributed by atoms with Crippen LogP contribution in [0.2, 0.25) is 0 Å². The minimum absolute atomic E-state index is 0.139. The molecule has 7 nitrogen and oxygen atoms in total. The van der Waals surface area contributed by atoms with Crippen molar-refractivity contribution in [1.82, 2.24) is 0 Å². The van der Waals surface area contributed by atoms with E-state index in [2.05, 4.69) is 31.9 Å². The largest absolute Gasteiger partial charge is 0.508 e. The van der Waals surface area contributed by atoms with Gasteiger partial charge in [0.2, 0.25) is 7.37 Å². The van der Waals surface area contributed by atoms with Crippen molar-refractivity contribution in [1.29, 1.82) is 0 Å². The normalized spacial score (nSPS) is 13.5. The van der Waals surface area contributed by atoms with E-state index in [0.717, 1.165) is 5.56 Å². The lowest BCUT2D eigenvalue weighted by Crippen LogP contribution is -2.23. The molecule has 33 heavy (non-hydrogen) atoms. The summed E-state index contributed by atoms with van der Waals surface area (Å²) in [4.78, 5) is 11.8. The molecule has 0 saturated heterocycles. The number of carbonyl (C=O) groups excluding carboxylic acids is 1. The van der Waals surface area contributed by atoms with E-state index in [1.807, 2.05) is 13.8 Å². The van der Waals surface area contributed by atoms with E-state index in [-0.39, 0.29) is 18.0 Å². The van der Waals surface area contributed by atoms with Gasteiger partial charge >= 0.3 is 5.97 Å². The van der Waals surface area contributed by atoms with Gasteiger partial charge in [0, 0.05) is 12.2 Å². The second-order valence-corrected chi connectivity index (χ2v) is 13.2. The Labute approximate surface area is 211 Å². The van der Waals surface area contributed by atoms with Crippen molar-refractivity contribution in [2.45, 2.75) is 40.5 Å². The fourth-order valence-corrected chi connectivity index (χ4v) is 4.57. The first-order valence-electron chi connectivity index (χ1n) is 10.2. The van der Waals surface area contributed by atoms with Crippen LogP contribution in [0.1, 0.15) is 46.1 Å². The quantitative estimate of drug-likeness (QED) is 0.178. The first-order chi connectivity index (χ1) is 15.2. The van der Waals surface area contributed by atoms with Gasteiger partial charge in [-0.15, -0.1) is 0 Å². The fraction of sp³-hybridized carbons (Fsp3) is 0.435. The second kappa shape index (κ2) is 11.3. The molecule has 0 radical (unpaired) electrons. The summed E-state index contributed by atoms with van der Waals surface area (Å²) in [7, 11) is -3.17. The van der Waals surface area contributed by atoms with Crippen molar-refractivity contribution in [3.63, 3.8) is 0 Å². The van der Waals surface area contributed by atoms with Gasteiger partial charge in [-0.05, 0) is 88.9 Å². The van der Waals surface area contributed by atoms with Crippen LogP contribution in [0.4, 0.5) is 0 Å². The second-order valence-electron chi connectivity index (χ2n) is 8.91. The van der Waals surface area contributed by atoms with Crippen molar-refractivity contribution in [2.75, 3.05) is 19.8 Å². The maximum absolute atomic E-state index is 12.6. The average molecular weight is 608 g/mol. The summed E-state index contributed by atoms with van der Waals surface area (Å²) in [6, 6.07) is 8.44. The number of halogens is 2. The van der Waals surface area contributed by atoms with E-state index in [9.17, 15) is 14.5 Å². The zero-order valence-corrected chi connectivity index (χ0v) is 23.5. The number of benzene rings is 2. The van der Waals surface area contributed by atoms with Crippen molar-refractivity contribution in [2.24, 2.45) is 5.41 Å². The molecule has 182 valence electrons. The lowest BCUT2D eigenvalue weighted by atomic mass is 9.98. The summed E-state index contributed by atoms with van der Waals surface area (Å²) < 4.78 is 35.7. The average Bonchev–Trinajstić information content (AvgIpc) is 2.69. The van der Waals surface area contributed by atoms with Gasteiger partial charge in [-0.25, -0.2) is 0 Å². The van der Waals surface area contributed by atoms with Gasteiger partial charge in [0.05, 0.1) is 14.4 Å². The Balaban J connectivity index is 2.03. The van der Waals surface area contributed by atoms with Gasteiger partial charge in [0.1, 0.15) is 17.2 Å². The Hall–Kier alpha value is -1.54. The van der Waals surface area contributed by atoms with Crippen LogP contribution in [-0.2, 0) is 18.6 Å². The van der Waals surface area contributed by atoms with Crippen LogP contribution in [0.5, 0.6) is 23.0 Å². The number of hydrogen-bond acceptors (Lipinski definition) is 7. The Bertz CT molecular complexity index is 1020. The molecular weight excluding hydrogens is 579 g/mol. The third-order valence-corrected chi connectivity index (χ3v) is 6.83. The Kier molecular flexibility index (Phi) is 9.45. The van der Waals surface area contributed by atoms with Crippen molar-refractivity contribution < 1.29 is 33.2 Å². The van der Waals surface area contributed by atoms with Crippen LogP contribution in [0.3, 0.4) is 0 Å². The number of hydrogen-bond donors (Lipinski definition) is 1. The highest BCUT2D eigenvalue weighted by molar-refractivity contribution is 9.11. The van der Waals surface area contributed by atoms with Crippen molar-refractivity contribution in [3.8, 4) is 23.0 Å².